The monoisotopic (exact) mass is 405 g/mol. The second-order valence-corrected chi connectivity index (χ2v) is 7.25. The number of rotatable bonds is 6. The molecule has 0 spiro atoms. The van der Waals surface area contributed by atoms with Crippen molar-refractivity contribution in [3.63, 3.8) is 0 Å². The maximum Gasteiger partial charge on any atom is 0.416 e. The first-order valence-corrected chi connectivity index (χ1v) is 9.68. The summed E-state index contributed by atoms with van der Waals surface area (Å²) in [7, 11) is 0. The molecule has 1 aliphatic carbocycles. The van der Waals surface area contributed by atoms with Crippen molar-refractivity contribution >= 4 is 16.9 Å². The molecule has 6 nitrogen and oxygen atoms in total. The number of aromatic amines is 1. The van der Waals surface area contributed by atoms with Gasteiger partial charge in [-0.1, -0.05) is 18.2 Å². The van der Waals surface area contributed by atoms with Gasteiger partial charge in [-0.05, 0) is 43.7 Å². The zero-order valence-electron chi connectivity index (χ0n) is 15.7. The number of hydrogen-bond acceptors (Lipinski definition) is 5. The standard InChI is InChI=1S/C20H22F3N5O/c21-20(22,23)17-4-2-1-3-13(17)9-10-29-15-7-5-14(6-8-15)27-18-16-11-26-28-19(16)25-12-24-18/h1-4,11-12,14-15H,5-10H2,(H2,24,25,26,27,28). The Kier molecular flexibility index (Phi) is 5.66. The first kappa shape index (κ1) is 19.6. The predicted molar refractivity (Wildman–Crippen MR) is 102 cm³/mol. The molecule has 0 amide bonds. The van der Waals surface area contributed by atoms with Crippen molar-refractivity contribution < 1.29 is 17.9 Å². The molecule has 1 aliphatic rings. The van der Waals surface area contributed by atoms with Crippen molar-refractivity contribution in [1.29, 1.82) is 0 Å². The van der Waals surface area contributed by atoms with Crippen LogP contribution in [0.4, 0.5) is 19.0 Å². The van der Waals surface area contributed by atoms with Crippen LogP contribution in [0.15, 0.2) is 36.8 Å². The second-order valence-electron chi connectivity index (χ2n) is 7.25. The van der Waals surface area contributed by atoms with E-state index in [-0.39, 0.29) is 30.7 Å². The van der Waals surface area contributed by atoms with E-state index in [1.165, 1.54) is 18.5 Å². The lowest BCUT2D eigenvalue weighted by molar-refractivity contribution is -0.138. The minimum Gasteiger partial charge on any atom is -0.378 e. The van der Waals surface area contributed by atoms with E-state index in [1.807, 2.05) is 0 Å². The Bertz CT molecular complexity index is 950. The van der Waals surface area contributed by atoms with E-state index in [1.54, 1.807) is 12.3 Å². The van der Waals surface area contributed by atoms with Crippen molar-refractivity contribution in [3.8, 4) is 0 Å². The molecular weight excluding hydrogens is 383 g/mol. The summed E-state index contributed by atoms with van der Waals surface area (Å²) in [6, 6.07) is 5.96. The van der Waals surface area contributed by atoms with Crippen LogP contribution in [0.3, 0.4) is 0 Å². The van der Waals surface area contributed by atoms with Crippen LogP contribution >= 0.6 is 0 Å². The Labute approximate surface area is 165 Å². The third-order valence-electron chi connectivity index (χ3n) is 5.31. The van der Waals surface area contributed by atoms with Crippen molar-refractivity contribution in [2.24, 2.45) is 0 Å². The van der Waals surface area contributed by atoms with Crippen molar-refractivity contribution in [2.45, 2.75) is 50.4 Å². The number of anilines is 1. The van der Waals surface area contributed by atoms with Gasteiger partial charge in [-0.3, -0.25) is 5.10 Å². The molecule has 1 saturated carbocycles. The van der Waals surface area contributed by atoms with Gasteiger partial charge in [-0.25, -0.2) is 9.97 Å². The van der Waals surface area contributed by atoms with Crippen LogP contribution in [0, 0.1) is 0 Å². The van der Waals surface area contributed by atoms with Gasteiger partial charge in [-0.15, -0.1) is 0 Å². The molecule has 154 valence electrons. The van der Waals surface area contributed by atoms with E-state index >= 15 is 0 Å². The first-order valence-electron chi connectivity index (χ1n) is 9.68. The van der Waals surface area contributed by atoms with E-state index in [9.17, 15) is 13.2 Å². The molecule has 2 heterocycles. The average molecular weight is 405 g/mol. The SMILES string of the molecule is FC(F)(F)c1ccccc1CCOC1CCC(Nc2ncnc3[nH]ncc23)CC1. The van der Waals surface area contributed by atoms with Gasteiger partial charge < -0.3 is 10.1 Å². The molecule has 2 N–H and O–H groups in total. The summed E-state index contributed by atoms with van der Waals surface area (Å²) in [6.07, 6.45) is 2.73. The number of nitrogens with zero attached hydrogens (tertiary/aromatic N) is 3. The molecule has 9 heteroatoms. The number of fused-ring (bicyclic) bond motifs is 1. The van der Waals surface area contributed by atoms with Crippen molar-refractivity contribution in [2.75, 3.05) is 11.9 Å². The second kappa shape index (κ2) is 8.36. The minimum atomic E-state index is -4.33. The quantitative estimate of drug-likeness (QED) is 0.638. The van der Waals surface area contributed by atoms with Gasteiger partial charge in [0.2, 0.25) is 0 Å². The summed E-state index contributed by atoms with van der Waals surface area (Å²) >= 11 is 0. The van der Waals surface area contributed by atoms with Crippen LogP contribution in [-0.2, 0) is 17.3 Å². The molecule has 0 radical (unpaired) electrons. The third kappa shape index (κ3) is 4.67. The molecule has 0 unspecified atom stereocenters. The fraction of sp³-hybridized carbons (Fsp3) is 0.450. The number of alkyl halides is 3. The summed E-state index contributed by atoms with van der Waals surface area (Å²) in [5.74, 6) is 0.761. The van der Waals surface area contributed by atoms with Crippen LogP contribution in [0.2, 0.25) is 0 Å². The van der Waals surface area contributed by atoms with E-state index in [0.29, 0.717) is 5.65 Å². The average Bonchev–Trinajstić information content (AvgIpc) is 3.19. The summed E-state index contributed by atoms with van der Waals surface area (Å²) < 4.78 is 45.1. The number of ether oxygens (including phenoxy) is 1. The largest absolute Gasteiger partial charge is 0.416 e. The number of halogens is 3. The number of hydrogen-bond donors (Lipinski definition) is 2. The summed E-state index contributed by atoms with van der Waals surface area (Å²) in [5.41, 5.74) is 0.397. The molecule has 0 aliphatic heterocycles. The van der Waals surface area contributed by atoms with Gasteiger partial charge in [0.15, 0.2) is 5.65 Å². The molecule has 1 fully saturated rings. The minimum absolute atomic E-state index is 0.0745. The lowest BCUT2D eigenvalue weighted by Gasteiger charge is -2.29. The molecular formula is C20H22F3N5O. The van der Waals surface area contributed by atoms with E-state index in [2.05, 4.69) is 25.5 Å². The van der Waals surface area contributed by atoms with Crippen molar-refractivity contribution in [1.82, 2.24) is 20.2 Å². The molecule has 29 heavy (non-hydrogen) atoms. The van der Waals surface area contributed by atoms with Crippen LogP contribution in [0.1, 0.15) is 36.8 Å². The zero-order valence-corrected chi connectivity index (χ0v) is 15.7. The number of aromatic nitrogens is 4. The number of H-pyrrole nitrogens is 1. The van der Waals surface area contributed by atoms with Crippen LogP contribution in [0.5, 0.6) is 0 Å². The molecule has 3 aromatic rings. The Morgan fingerprint density at radius 2 is 1.90 bits per heavy atom. The maximum absolute atomic E-state index is 13.1. The molecule has 1 aromatic carbocycles. The van der Waals surface area contributed by atoms with Gasteiger partial charge in [0.1, 0.15) is 12.1 Å². The van der Waals surface area contributed by atoms with Crippen LogP contribution in [0.25, 0.3) is 11.0 Å². The van der Waals surface area contributed by atoms with E-state index < -0.39 is 11.7 Å². The van der Waals surface area contributed by atoms with E-state index in [4.69, 9.17) is 4.74 Å². The molecule has 0 saturated heterocycles. The molecule has 0 atom stereocenters. The van der Waals surface area contributed by atoms with Gasteiger partial charge in [0.05, 0.1) is 29.9 Å². The third-order valence-corrected chi connectivity index (χ3v) is 5.31. The fourth-order valence-corrected chi connectivity index (χ4v) is 3.80. The Morgan fingerprint density at radius 3 is 2.69 bits per heavy atom. The molecule has 4 rings (SSSR count). The zero-order chi connectivity index (χ0) is 20.3. The summed E-state index contributed by atoms with van der Waals surface area (Å²) in [5, 5.41) is 11.1. The predicted octanol–water partition coefficient (Wildman–Crippen LogP) is 4.35. The Morgan fingerprint density at radius 1 is 1.10 bits per heavy atom. The topological polar surface area (TPSA) is 75.7 Å². The lowest BCUT2D eigenvalue weighted by Crippen LogP contribution is -2.30. The highest BCUT2D eigenvalue weighted by Gasteiger charge is 2.32. The van der Waals surface area contributed by atoms with Gasteiger partial charge in [0, 0.05) is 6.04 Å². The van der Waals surface area contributed by atoms with Gasteiger partial charge in [-0.2, -0.15) is 18.3 Å². The Balaban J connectivity index is 1.25. The highest BCUT2D eigenvalue weighted by molar-refractivity contribution is 5.85. The number of nitrogens with one attached hydrogen (secondary N) is 2. The fourth-order valence-electron chi connectivity index (χ4n) is 3.80. The summed E-state index contributed by atoms with van der Waals surface area (Å²) in [4.78, 5) is 8.43. The highest BCUT2D eigenvalue weighted by atomic mass is 19.4. The normalized spacial score (nSPS) is 20.1. The van der Waals surface area contributed by atoms with Gasteiger partial charge >= 0.3 is 6.18 Å². The number of benzene rings is 1. The smallest absolute Gasteiger partial charge is 0.378 e. The maximum atomic E-state index is 13.1. The van der Waals surface area contributed by atoms with Crippen LogP contribution in [-0.4, -0.2) is 38.9 Å². The van der Waals surface area contributed by atoms with E-state index in [0.717, 1.165) is 43.0 Å². The Hall–Kier alpha value is -2.68. The van der Waals surface area contributed by atoms with Gasteiger partial charge in [0.25, 0.3) is 0 Å². The summed E-state index contributed by atoms with van der Waals surface area (Å²) in [6.45, 7) is 0.289. The molecule has 2 aromatic heterocycles. The van der Waals surface area contributed by atoms with Crippen LogP contribution < -0.4 is 5.32 Å². The lowest BCUT2D eigenvalue weighted by atomic mass is 9.93. The first-order chi connectivity index (χ1) is 14.0. The highest BCUT2D eigenvalue weighted by Crippen LogP contribution is 2.32. The van der Waals surface area contributed by atoms with Crippen molar-refractivity contribution in [3.05, 3.63) is 47.9 Å². The molecule has 0 bridgehead atoms.